The van der Waals surface area contributed by atoms with Crippen molar-refractivity contribution in [3.8, 4) is 5.69 Å². The maximum atomic E-state index is 12.8. The zero-order chi connectivity index (χ0) is 17.5. The van der Waals surface area contributed by atoms with Crippen LogP contribution in [0.2, 0.25) is 0 Å². The molecule has 1 aromatic carbocycles. The minimum Gasteiger partial charge on any atom is -0.478 e. The smallest absolute Gasteiger partial charge is 0.435 e. The molecule has 0 aliphatic heterocycles. The summed E-state index contributed by atoms with van der Waals surface area (Å²) in [6.07, 6.45) is -4.73. The number of carbonyl (C=O) groups is 2. The van der Waals surface area contributed by atoms with E-state index in [2.05, 4.69) is 5.10 Å². The lowest BCUT2D eigenvalue weighted by Gasteiger charge is -2.14. The molecule has 0 saturated heterocycles. The lowest BCUT2D eigenvalue weighted by atomic mass is 10.0. The van der Waals surface area contributed by atoms with Gasteiger partial charge in [0.2, 0.25) is 0 Å². The highest BCUT2D eigenvalue weighted by Crippen LogP contribution is 2.31. The van der Waals surface area contributed by atoms with Crippen molar-refractivity contribution in [2.75, 3.05) is 0 Å². The Morgan fingerprint density at radius 1 is 1.13 bits per heavy atom. The van der Waals surface area contributed by atoms with Crippen LogP contribution in [-0.2, 0) is 6.18 Å². The molecule has 9 heteroatoms. The van der Waals surface area contributed by atoms with Gasteiger partial charge in [-0.3, -0.25) is 0 Å². The summed E-state index contributed by atoms with van der Waals surface area (Å²) in [4.78, 5) is 22.8. The van der Waals surface area contributed by atoms with Crippen LogP contribution >= 0.6 is 0 Å². The van der Waals surface area contributed by atoms with E-state index in [0.29, 0.717) is 4.68 Å². The van der Waals surface area contributed by atoms with E-state index in [0.717, 1.165) is 12.1 Å². The molecule has 1 aromatic heterocycles. The Bertz CT molecular complexity index is 809. The topological polar surface area (TPSA) is 92.4 Å². The number of aryl methyl sites for hydroxylation is 2. The predicted molar refractivity (Wildman–Crippen MR) is 72.0 cm³/mol. The molecule has 0 fully saturated rings. The van der Waals surface area contributed by atoms with Crippen molar-refractivity contribution < 1.29 is 33.0 Å². The fourth-order valence-corrected chi connectivity index (χ4v) is 2.19. The third kappa shape index (κ3) is 2.89. The molecular formula is C14H11F3N2O4. The maximum Gasteiger partial charge on any atom is 0.435 e. The fraction of sp³-hybridized carbons (Fsp3) is 0.214. The van der Waals surface area contributed by atoms with Crippen molar-refractivity contribution in [2.45, 2.75) is 20.0 Å². The minimum absolute atomic E-state index is 0.0343. The summed E-state index contributed by atoms with van der Waals surface area (Å²) in [5.41, 5.74) is -2.33. The molecule has 0 aliphatic carbocycles. The van der Waals surface area contributed by atoms with E-state index >= 15 is 0 Å². The van der Waals surface area contributed by atoms with Crippen molar-refractivity contribution in [3.63, 3.8) is 0 Å². The summed E-state index contributed by atoms with van der Waals surface area (Å²) in [5, 5.41) is 21.9. The van der Waals surface area contributed by atoms with Crippen molar-refractivity contribution >= 4 is 11.9 Å². The maximum absolute atomic E-state index is 12.8. The molecule has 0 unspecified atom stereocenters. The highest BCUT2D eigenvalue weighted by atomic mass is 19.4. The molecule has 0 atom stereocenters. The normalized spacial score (nSPS) is 11.5. The lowest BCUT2D eigenvalue weighted by molar-refractivity contribution is -0.141. The summed E-state index contributed by atoms with van der Waals surface area (Å²) >= 11 is 0. The van der Waals surface area contributed by atoms with Gasteiger partial charge in [-0.05, 0) is 31.5 Å². The second-order valence-electron chi connectivity index (χ2n) is 4.84. The van der Waals surface area contributed by atoms with Crippen molar-refractivity contribution in [2.24, 2.45) is 0 Å². The summed E-state index contributed by atoms with van der Waals surface area (Å²) in [7, 11) is 0. The minimum atomic E-state index is -4.73. The average molecular weight is 328 g/mol. The highest BCUT2D eigenvalue weighted by Gasteiger charge is 2.35. The Kier molecular flexibility index (Phi) is 3.89. The zero-order valence-corrected chi connectivity index (χ0v) is 12.0. The molecule has 0 aliphatic rings. The van der Waals surface area contributed by atoms with E-state index in [9.17, 15) is 33.0 Å². The quantitative estimate of drug-likeness (QED) is 0.904. The van der Waals surface area contributed by atoms with E-state index < -0.39 is 40.6 Å². The van der Waals surface area contributed by atoms with Crippen LogP contribution in [0.3, 0.4) is 0 Å². The standard InChI is InChI=1S/C14H11F3N2O4/c1-6-3-4-8(12(20)21)11(10(6)13(22)23)19-7(2)5-9(18-19)14(15,16)17/h3-5H,1-2H3,(H,20,21)(H,22,23). The first-order valence-electron chi connectivity index (χ1n) is 6.28. The van der Waals surface area contributed by atoms with Crippen LogP contribution in [0.4, 0.5) is 13.2 Å². The summed E-state index contributed by atoms with van der Waals surface area (Å²) < 4.78 is 39.1. The molecule has 0 saturated carbocycles. The summed E-state index contributed by atoms with van der Waals surface area (Å²) in [6.45, 7) is 2.70. The number of benzene rings is 1. The van der Waals surface area contributed by atoms with Gasteiger partial charge in [0.25, 0.3) is 0 Å². The first-order chi connectivity index (χ1) is 10.5. The number of halogens is 3. The molecule has 0 radical (unpaired) electrons. The molecule has 0 amide bonds. The second-order valence-corrected chi connectivity index (χ2v) is 4.84. The van der Waals surface area contributed by atoms with Crippen LogP contribution in [0.15, 0.2) is 18.2 Å². The molecule has 2 aromatic rings. The Morgan fingerprint density at radius 3 is 2.17 bits per heavy atom. The number of rotatable bonds is 3. The molecule has 1 heterocycles. The number of alkyl halides is 3. The molecule has 2 N–H and O–H groups in total. The molecule has 122 valence electrons. The van der Waals surface area contributed by atoms with Crippen molar-refractivity contribution in [3.05, 3.63) is 46.3 Å². The molecule has 6 nitrogen and oxygen atoms in total. The number of hydrogen-bond donors (Lipinski definition) is 2. The third-order valence-electron chi connectivity index (χ3n) is 3.22. The summed E-state index contributed by atoms with van der Waals surface area (Å²) in [5.74, 6) is -2.92. The molecule has 0 bridgehead atoms. The fourth-order valence-electron chi connectivity index (χ4n) is 2.19. The lowest BCUT2D eigenvalue weighted by Crippen LogP contribution is -2.16. The Morgan fingerprint density at radius 2 is 1.74 bits per heavy atom. The highest BCUT2D eigenvalue weighted by molar-refractivity contribution is 6.01. The van der Waals surface area contributed by atoms with Gasteiger partial charge in [0.15, 0.2) is 5.69 Å². The van der Waals surface area contributed by atoms with Gasteiger partial charge in [0.1, 0.15) is 0 Å². The van der Waals surface area contributed by atoms with Gasteiger partial charge in [-0.2, -0.15) is 18.3 Å². The van der Waals surface area contributed by atoms with Gasteiger partial charge >= 0.3 is 18.1 Å². The van der Waals surface area contributed by atoms with Crippen LogP contribution in [0.5, 0.6) is 0 Å². The first kappa shape index (κ1) is 16.5. The zero-order valence-electron chi connectivity index (χ0n) is 12.0. The van der Waals surface area contributed by atoms with Crippen molar-refractivity contribution in [1.29, 1.82) is 0 Å². The largest absolute Gasteiger partial charge is 0.478 e. The van der Waals surface area contributed by atoms with Crippen LogP contribution in [0.1, 0.15) is 37.7 Å². The Balaban J connectivity index is 2.87. The van der Waals surface area contributed by atoms with Gasteiger partial charge in [-0.15, -0.1) is 0 Å². The first-order valence-corrected chi connectivity index (χ1v) is 6.28. The number of nitrogens with zero attached hydrogens (tertiary/aromatic N) is 2. The number of carboxylic acids is 2. The summed E-state index contributed by atoms with van der Waals surface area (Å²) in [6, 6.07) is 3.13. The van der Waals surface area contributed by atoms with Gasteiger partial charge in [0, 0.05) is 5.69 Å². The molecule has 23 heavy (non-hydrogen) atoms. The molecule has 2 rings (SSSR count). The van der Waals surface area contributed by atoms with Crippen LogP contribution < -0.4 is 0 Å². The number of aromatic carboxylic acids is 2. The van der Waals surface area contributed by atoms with E-state index in [4.69, 9.17) is 0 Å². The van der Waals surface area contributed by atoms with Crippen LogP contribution in [-0.4, -0.2) is 31.9 Å². The van der Waals surface area contributed by atoms with E-state index in [1.807, 2.05) is 0 Å². The average Bonchev–Trinajstić information content (AvgIpc) is 2.79. The van der Waals surface area contributed by atoms with Crippen molar-refractivity contribution in [1.82, 2.24) is 9.78 Å². The predicted octanol–water partition coefficient (Wildman–Crippen LogP) is 2.90. The third-order valence-corrected chi connectivity index (χ3v) is 3.22. The van der Waals surface area contributed by atoms with Gasteiger partial charge in [0.05, 0.1) is 16.8 Å². The van der Waals surface area contributed by atoms with Gasteiger partial charge < -0.3 is 10.2 Å². The molecular weight excluding hydrogens is 317 g/mol. The SMILES string of the molecule is Cc1ccc(C(=O)O)c(-n2nc(C(F)(F)F)cc2C)c1C(=O)O. The number of carboxylic acid groups (broad SMARTS) is 2. The molecule has 0 spiro atoms. The van der Waals surface area contributed by atoms with E-state index in [1.54, 1.807) is 0 Å². The van der Waals surface area contributed by atoms with E-state index in [-0.39, 0.29) is 11.3 Å². The van der Waals surface area contributed by atoms with Crippen LogP contribution in [0, 0.1) is 13.8 Å². The monoisotopic (exact) mass is 328 g/mol. The van der Waals surface area contributed by atoms with Crippen LogP contribution in [0.25, 0.3) is 5.69 Å². The Hall–Kier alpha value is -2.84. The van der Waals surface area contributed by atoms with E-state index in [1.165, 1.54) is 19.9 Å². The van der Waals surface area contributed by atoms with Gasteiger partial charge in [-0.25, -0.2) is 14.3 Å². The Labute approximate surface area is 127 Å². The second kappa shape index (κ2) is 5.41. The number of aromatic nitrogens is 2. The van der Waals surface area contributed by atoms with Gasteiger partial charge in [-0.1, -0.05) is 6.07 Å². The number of hydrogen-bond acceptors (Lipinski definition) is 3.